The van der Waals surface area contributed by atoms with Gasteiger partial charge in [0.15, 0.2) is 0 Å². The largest absolute Gasteiger partial charge is 0.481 e. The van der Waals surface area contributed by atoms with Gasteiger partial charge in [-0.1, -0.05) is 40.6 Å². The van der Waals surface area contributed by atoms with Crippen LogP contribution in [0.3, 0.4) is 0 Å². The first-order chi connectivity index (χ1) is 7.63. The molecular weight excluding hydrogens is 242 g/mol. The number of carboxylic acids is 1. The van der Waals surface area contributed by atoms with Crippen molar-refractivity contribution in [1.82, 2.24) is 0 Å². The molecule has 2 N–H and O–H groups in total. The number of carboxylic acid groups (broad SMARTS) is 1. The Kier molecular flexibility index (Phi) is 5.55. The second-order valence-corrected chi connectivity index (χ2v) is 6.02. The van der Waals surface area contributed by atoms with E-state index in [1.807, 2.05) is 38.2 Å². The lowest BCUT2D eigenvalue weighted by atomic mass is 10.3. The third-order valence-corrected chi connectivity index (χ3v) is 4.86. The van der Waals surface area contributed by atoms with Crippen LogP contribution in [0, 0.1) is 0 Å². The van der Waals surface area contributed by atoms with Crippen molar-refractivity contribution in [3.63, 3.8) is 0 Å². The number of aliphatic carboxylic acids is 1. The molecular formula is C11H15NO2S2. The van der Waals surface area contributed by atoms with E-state index < -0.39 is 5.97 Å². The summed E-state index contributed by atoms with van der Waals surface area (Å²) < 4.78 is 0. The number of carbonyl (C=O) groups is 1. The van der Waals surface area contributed by atoms with Crippen LogP contribution in [0.2, 0.25) is 0 Å². The third-order valence-electron chi connectivity index (χ3n) is 1.92. The highest BCUT2D eigenvalue weighted by Crippen LogP contribution is 2.39. The van der Waals surface area contributed by atoms with Gasteiger partial charge in [0.1, 0.15) is 0 Å². The van der Waals surface area contributed by atoms with Crippen LogP contribution in [0.1, 0.15) is 13.3 Å². The molecule has 0 aliphatic carbocycles. The summed E-state index contributed by atoms with van der Waals surface area (Å²) in [6.45, 7) is 1.92. The van der Waals surface area contributed by atoms with E-state index in [9.17, 15) is 4.79 Å². The topological polar surface area (TPSA) is 49.3 Å². The van der Waals surface area contributed by atoms with Crippen LogP contribution in [0.5, 0.6) is 0 Å². The van der Waals surface area contributed by atoms with Gasteiger partial charge in [-0.25, -0.2) is 0 Å². The number of hydrogen-bond acceptors (Lipinski definition) is 4. The van der Waals surface area contributed by atoms with Crippen molar-refractivity contribution in [1.29, 1.82) is 0 Å². The van der Waals surface area contributed by atoms with Crippen LogP contribution in [-0.2, 0) is 4.79 Å². The Labute approximate surface area is 103 Å². The molecule has 3 nitrogen and oxygen atoms in total. The Bertz CT molecular complexity index is 358. The third kappa shape index (κ3) is 4.37. The lowest BCUT2D eigenvalue weighted by molar-refractivity contribution is -0.136. The summed E-state index contributed by atoms with van der Waals surface area (Å²) in [7, 11) is 5.08. The van der Waals surface area contributed by atoms with E-state index in [-0.39, 0.29) is 11.7 Å². The van der Waals surface area contributed by atoms with Crippen LogP contribution < -0.4 is 5.32 Å². The van der Waals surface area contributed by atoms with E-state index in [4.69, 9.17) is 5.11 Å². The molecule has 16 heavy (non-hydrogen) atoms. The van der Waals surface area contributed by atoms with Gasteiger partial charge in [-0.05, 0) is 12.1 Å². The highest BCUT2D eigenvalue weighted by Gasteiger charge is 2.10. The molecule has 0 bridgehead atoms. The van der Waals surface area contributed by atoms with Crippen LogP contribution in [0.25, 0.3) is 0 Å². The number of nitrogens with one attached hydrogen (secondary N) is 1. The zero-order chi connectivity index (χ0) is 12.0. The van der Waals surface area contributed by atoms with Crippen molar-refractivity contribution in [2.45, 2.75) is 23.5 Å². The number of rotatable bonds is 6. The molecule has 88 valence electrons. The summed E-state index contributed by atoms with van der Waals surface area (Å²) in [5.41, 5.74) is 1.07. The van der Waals surface area contributed by atoms with Gasteiger partial charge in [-0.3, -0.25) is 4.79 Å². The van der Waals surface area contributed by atoms with E-state index in [1.165, 1.54) is 0 Å². The van der Waals surface area contributed by atoms with Crippen molar-refractivity contribution in [2.24, 2.45) is 0 Å². The van der Waals surface area contributed by atoms with E-state index in [1.54, 1.807) is 21.6 Å². The van der Waals surface area contributed by atoms with Gasteiger partial charge in [0.25, 0.3) is 0 Å². The second-order valence-electron chi connectivity index (χ2n) is 3.33. The van der Waals surface area contributed by atoms with Crippen molar-refractivity contribution in [3.05, 3.63) is 24.3 Å². The van der Waals surface area contributed by atoms with E-state index in [2.05, 4.69) is 5.32 Å². The Morgan fingerprint density at radius 3 is 2.81 bits per heavy atom. The highest BCUT2D eigenvalue weighted by molar-refractivity contribution is 8.77. The maximum absolute atomic E-state index is 10.5. The number of para-hydroxylation sites is 1. The summed E-state index contributed by atoms with van der Waals surface area (Å²) in [6.07, 6.45) is 0.194. The number of benzene rings is 1. The summed E-state index contributed by atoms with van der Waals surface area (Å²) in [5, 5.41) is 11.9. The first kappa shape index (κ1) is 13.3. The predicted octanol–water partition coefficient (Wildman–Crippen LogP) is 3.33. The molecule has 1 atom stereocenters. The first-order valence-electron chi connectivity index (χ1n) is 4.95. The number of hydrogen-bond donors (Lipinski definition) is 2. The SMILES string of the molecule is CNc1ccccc1SSC(C)CC(=O)O. The molecule has 0 spiro atoms. The molecule has 0 radical (unpaired) electrons. The maximum atomic E-state index is 10.5. The molecule has 1 unspecified atom stereocenters. The molecule has 0 saturated heterocycles. The molecule has 0 amide bonds. The quantitative estimate of drug-likeness (QED) is 0.765. The lowest BCUT2D eigenvalue weighted by Crippen LogP contribution is -2.04. The summed E-state index contributed by atoms with van der Waals surface area (Å²) in [4.78, 5) is 11.6. The molecule has 0 aliphatic heterocycles. The second kappa shape index (κ2) is 6.70. The summed E-state index contributed by atoms with van der Waals surface area (Å²) >= 11 is 0. The van der Waals surface area contributed by atoms with Gasteiger partial charge in [-0.2, -0.15) is 0 Å². The van der Waals surface area contributed by atoms with Gasteiger partial charge in [-0.15, -0.1) is 0 Å². The molecule has 1 rings (SSSR count). The normalized spacial score (nSPS) is 12.1. The Morgan fingerprint density at radius 1 is 1.50 bits per heavy atom. The average molecular weight is 257 g/mol. The zero-order valence-electron chi connectivity index (χ0n) is 9.27. The zero-order valence-corrected chi connectivity index (χ0v) is 10.9. The number of anilines is 1. The molecule has 0 aliphatic rings. The van der Waals surface area contributed by atoms with Crippen molar-refractivity contribution in [3.8, 4) is 0 Å². The van der Waals surface area contributed by atoms with E-state index in [0.717, 1.165) is 10.6 Å². The van der Waals surface area contributed by atoms with Crippen molar-refractivity contribution >= 4 is 33.2 Å². The summed E-state index contributed by atoms with van der Waals surface area (Å²) in [6, 6.07) is 7.98. The smallest absolute Gasteiger partial charge is 0.304 e. The minimum absolute atomic E-state index is 0.104. The monoisotopic (exact) mass is 257 g/mol. The Morgan fingerprint density at radius 2 is 2.19 bits per heavy atom. The Balaban J connectivity index is 2.50. The van der Waals surface area contributed by atoms with Crippen LogP contribution in [0.15, 0.2) is 29.2 Å². The fraction of sp³-hybridized carbons (Fsp3) is 0.364. The molecule has 1 aromatic rings. The summed E-state index contributed by atoms with van der Waals surface area (Å²) in [5.74, 6) is -0.748. The van der Waals surface area contributed by atoms with Crippen molar-refractivity contribution < 1.29 is 9.90 Å². The minimum atomic E-state index is -0.748. The van der Waals surface area contributed by atoms with Gasteiger partial charge in [0.2, 0.25) is 0 Å². The van der Waals surface area contributed by atoms with Crippen LogP contribution in [0.4, 0.5) is 5.69 Å². The van der Waals surface area contributed by atoms with Gasteiger partial charge in [0.05, 0.1) is 6.42 Å². The highest BCUT2D eigenvalue weighted by atomic mass is 33.1. The fourth-order valence-corrected chi connectivity index (χ4v) is 3.48. The van der Waals surface area contributed by atoms with E-state index in [0.29, 0.717) is 0 Å². The molecule has 1 aromatic carbocycles. The van der Waals surface area contributed by atoms with Crippen molar-refractivity contribution in [2.75, 3.05) is 12.4 Å². The van der Waals surface area contributed by atoms with E-state index >= 15 is 0 Å². The average Bonchev–Trinajstić information content (AvgIpc) is 2.26. The standard InChI is InChI=1S/C11H15NO2S2/c1-8(7-11(13)14)15-16-10-6-4-3-5-9(10)12-2/h3-6,8,12H,7H2,1-2H3,(H,13,14). The Hall–Kier alpha value is -0.810. The van der Waals surface area contributed by atoms with Crippen LogP contribution >= 0.6 is 21.6 Å². The molecule has 0 heterocycles. The van der Waals surface area contributed by atoms with Gasteiger partial charge < -0.3 is 10.4 Å². The first-order valence-corrected chi connectivity index (χ1v) is 7.16. The van der Waals surface area contributed by atoms with Crippen LogP contribution in [-0.4, -0.2) is 23.4 Å². The molecule has 0 aromatic heterocycles. The fourth-order valence-electron chi connectivity index (χ4n) is 1.16. The molecule has 0 fully saturated rings. The maximum Gasteiger partial charge on any atom is 0.304 e. The lowest BCUT2D eigenvalue weighted by Gasteiger charge is -2.10. The predicted molar refractivity (Wildman–Crippen MR) is 71.2 cm³/mol. The van der Waals surface area contributed by atoms with Gasteiger partial charge in [0, 0.05) is 22.9 Å². The molecule has 5 heteroatoms. The molecule has 0 saturated carbocycles. The minimum Gasteiger partial charge on any atom is -0.481 e. The van der Waals surface area contributed by atoms with Gasteiger partial charge >= 0.3 is 5.97 Å².